The summed E-state index contributed by atoms with van der Waals surface area (Å²) < 4.78 is 0. The molecule has 0 unspecified atom stereocenters. The molecule has 8 heteroatoms. The monoisotopic (exact) mass is 388 g/mol. The zero-order valence-electron chi connectivity index (χ0n) is 16.4. The summed E-state index contributed by atoms with van der Waals surface area (Å²) in [6, 6.07) is 6.74. The number of carbonyl (C=O) groups is 3. The molecule has 1 aromatic rings. The third-order valence-electron chi connectivity index (χ3n) is 5.29. The highest BCUT2D eigenvalue weighted by atomic mass is 16.4. The first kappa shape index (κ1) is 20.1. The van der Waals surface area contributed by atoms with E-state index in [1.54, 1.807) is 38.4 Å². The molecule has 2 fully saturated rings. The summed E-state index contributed by atoms with van der Waals surface area (Å²) in [4.78, 5) is 38.7. The molecule has 3 N–H and O–H groups in total. The first-order valence-corrected chi connectivity index (χ1v) is 9.67. The van der Waals surface area contributed by atoms with Crippen LogP contribution in [-0.4, -0.2) is 72.1 Å². The van der Waals surface area contributed by atoms with Crippen LogP contribution in [0.5, 0.6) is 0 Å². The molecule has 0 radical (unpaired) electrons. The van der Waals surface area contributed by atoms with Gasteiger partial charge in [-0.2, -0.15) is 0 Å². The van der Waals surface area contributed by atoms with Crippen LogP contribution in [-0.2, 0) is 4.79 Å². The number of benzene rings is 1. The Morgan fingerprint density at radius 1 is 1.11 bits per heavy atom. The number of anilines is 1. The highest BCUT2D eigenvalue weighted by Gasteiger charge is 2.37. The number of carboxylic acids is 1. The molecule has 3 amide bonds. The fraction of sp³-hybridized carbons (Fsp3) is 0.550. The highest BCUT2D eigenvalue weighted by Crippen LogP contribution is 2.33. The fourth-order valence-electron chi connectivity index (χ4n) is 3.46. The van der Waals surface area contributed by atoms with E-state index in [-0.39, 0.29) is 30.6 Å². The number of hydrogen-bond donors (Lipinski definition) is 3. The summed E-state index contributed by atoms with van der Waals surface area (Å²) in [6.45, 7) is 0.909. The predicted molar refractivity (Wildman–Crippen MR) is 105 cm³/mol. The molecule has 152 valence electrons. The van der Waals surface area contributed by atoms with Crippen LogP contribution in [0.4, 0.5) is 10.5 Å². The van der Waals surface area contributed by atoms with E-state index in [2.05, 4.69) is 10.6 Å². The van der Waals surface area contributed by atoms with Gasteiger partial charge in [0.25, 0.3) is 5.91 Å². The number of carboxylic acid groups (broad SMARTS) is 1. The fourth-order valence-corrected chi connectivity index (χ4v) is 3.46. The standard InChI is InChI=1S/C20H28N4O4/c1-23(2)19(27)14-5-7-15(8-6-14)21-20(28)22-16-9-17(10-16)24(12-18(25)26)11-13-3-4-13/h5-8,13,16-17H,3-4,9-12H2,1-2H3,(H,25,26)(H2,21,22,28). The number of nitrogens with zero attached hydrogens (tertiary/aromatic N) is 2. The van der Waals surface area contributed by atoms with Crippen LogP contribution < -0.4 is 10.6 Å². The maximum atomic E-state index is 12.2. The molecule has 3 rings (SSSR count). The Labute approximate surface area is 164 Å². The minimum absolute atomic E-state index is 0.0510. The summed E-state index contributed by atoms with van der Waals surface area (Å²) >= 11 is 0. The van der Waals surface area contributed by atoms with Crippen LogP contribution in [0, 0.1) is 5.92 Å². The highest BCUT2D eigenvalue weighted by molar-refractivity contribution is 5.95. The van der Waals surface area contributed by atoms with Crippen molar-refractivity contribution >= 4 is 23.6 Å². The second-order valence-electron chi connectivity index (χ2n) is 7.96. The smallest absolute Gasteiger partial charge is 0.319 e. The van der Waals surface area contributed by atoms with Gasteiger partial charge in [-0.3, -0.25) is 14.5 Å². The molecular formula is C20H28N4O4. The number of amides is 3. The van der Waals surface area contributed by atoms with Crippen LogP contribution in [0.25, 0.3) is 0 Å². The van der Waals surface area contributed by atoms with E-state index in [9.17, 15) is 14.4 Å². The molecule has 28 heavy (non-hydrogen) atoms. The van der Waals surface area contributed by atoms with Gasteiger partial charge < -0.3 is 20.6 Å². The first-order chi connectivity index (χ1) is 13.3. The zero-order valence-corrected chi connectivity index (χ0v) is 16.4. The van der Waals surface area contributed by atoms with Crippen LogP contribution in [0.1, 0.15) is 36.0 Å². The molecule has 0 saturated heterocycles. The average Bonchev–Trinajstić information content (AvgIpc) is 3.40. The summed E-state index contributed by atoms with van der Waals surface area (Å²) in [5.74, 6) is -0.253. The lowest BCUT2D eigenvalue weighted by Crippen LogP contribution is -2.55. The van der Waals surface area contributed by atoms with Gasteiger partial charge in [0.2, 0.25) is 0 Å². The minimum atomic E-state index is -0.800. The van der Waals surface area contributed by atoms with Crippen molar-refractivity contribution < 1.29 is 19.5 Å². The van der Waals surface area contributed by atoms with Gasteiger partial charge >= 0.3 is 12.0 Å². The Morgan fingerprint density at radius 2 is 1.75 bits per heavy atom. The molecule has 0 heterocycles. The van der Waals surface area contributed by atoms with Crippen molar-refractivity contribution in [1.29, 1.82) is 0 Å². The van der Waals surface area contributed by atoms with Crippen molar-refractivity contribution in [2.24, 2.45) is 5.92 Å². The van der Waals surface area contributed by atoms with Gasteiger partial charge in [0.1, 0.15) is 0 Å². The molecule has 2 saturated carbocycles. The third-order valence-corrected chi connectivity index (χ3v) is 5.29. The van der Waals surface area contributed by atoms with E-state index in [0.29, 0.717) is 17.2 Å². The first-order valence-electron chi connectivity index (χ1n) is 9.67. The lowest BCUT2D eigenvalue weighted by atomic mass is 9.85. The number of hydrogen-bond acceptors (Lipinski definition) is 4. The molecule has 0 atom stereocenters. The molecule has 0 bridgehead atoms. The van der Waals surface area contributed by atoms with Gasteiger partial charge in [0.05, 0.1) is 6.54 Å². The van der Waals surface area contributed by atoms with E-state index in [4.69, 9.17) is 5.11 Å². The van der Waals surface area contributed by atoms with Crippen LogP contribution in [0.2, 0.25) is 0 Å². The van der Waals surface area contributed by atoms with Gasteiger partial charge in [-0.25, -0.2) is 4.79 Å². The molecule has 0 spiro atoms. The van der Waals surface area contributed by atoms with Gasteiger partial charge in [-0.05, 0) is 55.9 Å². The Hall–Kier alpha value is -2.61. The second kappa shape index (κ2) is 8.60. The van der Waals surface area contributed by atoms with Crippen molar-refractivity contribution in [3.05, 3.63) is 29.8 Å². The van der Waals surface area contributed by atoms with Crippen LogP contribution in [0.3, 0.4) is 0 Å². The van der Waals surface area contributed by atoms with E-state index in [1.165, 1.54) is 17.7 Å². The summed E-state index contributed by atoms with van der Waals surface area (Å²) in [5, 5.41) is 14.8. The van der Waals surface area contributed by atoms with Gasteiger partial charge in [0, 0.05) is 44.0 Å². The van der Waals surface area contributed by atoms with Crippen molar-refractivity contribution in [3.8, 4) is 0 Å². The Bertz CT molecular complexity index is 724. The third kappa shape index (κ3) is 5.45. The molecule has 2 aliphatic rings. The lowest BCUT2D eigenvalue weighted by molar-refractivity contribution is -0.139. The largest absolute Gasteiger partial charge is 0.480 e. The van der Waals surface area contributed by atoms with E-state index >= 15 is 0 Å². The molecule has 0 aromatic heterocycles. The normalized spacial score (nSPS) is 21.0. The summed E-state index contributed by atoms with van der Waals surface area (Å²) in [7, 11) is 3.38. The van der Waals surface area contributed by atoms with Crippen molar-refractivity contribution in [1.82, 2.24) is 15.1 Å². The number of rotatable bonds is 8. The van der Waals surface area contributed by atoms with E-state index in [1.807, 2.05) is 4.90 Å². The van der Waals surface area contributed by atoms with E-state index in [0.717, 1.165) is 19.4 Å². The molecule has 1 aromatic carbocycles. The number of nitrogens with one attached hydrogen (secondary N) is 2. The van der Waals surface area contributed by atoms with Gasteiger partial charge in [0.15, 0.2) is 0 Å². The van der Waals surface area contributed by atoms with Gasteiger partial charge in [-0.1, -0.05) is 0 Å². The predicted octanol–water partition coefficient (Wildman–Crippen LogP) is 1.84. The number of urea groups is 1. The van der Waals surface area contributed by atoms with E-state index < -0.39 is 5.97 Å². The number of carbonyl (C=O) groups excluding carboxylic acids is 2. The quantitative estimate of drug-likeness (QED) is 0.631. The minimum Gasteiger partial charge on any atom is -0.480 e. The topological polar surface area (TPSA) is 102 Å². The lowest BCUT2D eigenvalue weighted by Gasteiger charge is -2.42. The molecule has 8 nitrogen and oxygen atoms in total. The Balaban J connectivity index is 1.43. The van der Waals surface area contributed by atoms with Crippen LogP contribution >= 0.6 is 0 Å². The molecule has 0 aliphatic heterocycles. The molecule has 2 aliphatic carbocycles. The van der Waals surface area contributed by atoms with Crippen molar-refractivity contribution in [2.45, 2.75) is 37.8 Å². The maximum absolute atomic E-state index is 12.2. The Morgan fingerprint density at radius 3 is 2.29 bits per heavy atom. The van der Waals surface area contributed by atoms with Gasteiger partial charge in [-0.15, -0.1) is 0 Å². The van der Waals surface area contributed by atoms with Crippen molar-refractivity contribution in [3.63, 3.8) is 0 Å². The van der Waals surface area contributed by atoms with Crippen LogP contribution in [0.15, 0.2) is 24.3 Å². The summed E-state index contributed by atoms with van der Waals surface area (Å²) in [6.07, 6.45) is 3.91. The van der Waals surface area contributed by atoms with Crippen molar-refractivity contribution in [2.75, 3.05) is 32.5 Å². The second-order valence-corrected chi connectivity index (χ2v) is 7.96. The average molecular weight is 388 g/mol. The summed E-state index contributed by atoms with van der Waals surface area (Å²) in [5.41, 5.74) is 1.18. The maximum Gasteiger partial charge on any atom is 0.319 e. The zero-order chi connectivity index (χ0) is 20.3. The molecular weight excluding hydrogens is 360 g/mol. The Kier molecular flexibility index (Phi) is 6.18. The SMILES string of the molecule is CN(C)C(=O)c1ccc(NC(=O)NC2CC(N(CC(=O)O)CC3CC3)C2)cc1. The number of aliphatic carboxylic acids is 1.